The van der Waals surface area contributed by atoms with Gasteiger partial charge in [0.2, 0.25) is 0 Å². The van der Waals surface area contributed by atoms with E-state index in [1.807, 2.05) is 11.0 Å². The van der Waals surface area contributed by atoms with E-state index in [1.54, 1.807) is 0 Å². The molecule has 0 unspecified atom stereocenters. The van der Waals surface area contributed by atoms with Gasteiger partial charge in [-0.05, 0) is 0 Å². The van der Waals surface area contributed by atoms with Crippen LogP contribution in [0.3, 0.4) is 0 Å². The molecule has 0 saturated carbocycles. The Labute approximate surface area is 81.6 Å². The molecule has 1 aromatic rings. The summed E-state index contributed by atoms with van der Waals surface area (Å²) in [6.45, 7) is 1.73. The first kappa shape index (κ1) is 8.91. The van der Waals surface area contributed by atoms with Crippen molar-refractivity contribution in [2.24, 2.45) is 5.92 Å². The fraction of sp³-hybridized carbons (Fsp3) is 0.444. The third-order valence-corrected chi connectivity index (χ3v) is 2.33. The van der Waals surface area contributed by atoms with Gasteiger partial charge in [0.25, 0.3) is 0 Å². The number of nitrogens with zero attached hydrogens (tertiary/aromatic N) is 4. The van der Waals surface area contributed by atoms with Crippen molar-refractivity contribution in [3.05, 3.63) is 18.1 Å². The first-order valence-corrected chi connectivity index (χ1v) is 4.41. The summed E-state index contributed by atoms with van der Waals surface area (Å²) in [5.74, 6) is 0.990. The van der Waals surface area contributed by atoms with Gasteiger partial charge in [0.15, 0.2) is 0 Å². The predicted molar refractivity (Wildman–Crippen MR) is 49.5 cm³/mol. The molecule has 1 saturated heterocycles. The number of hydrogen-bond acceptors (Lipinski definition) is 5. The Hall–Kier alpha value is -1.67. The second kappa shape index (κ2) is 3.60. The normalized spacial score (nSPS) is 16.1. The highest BCUT2D eigenvalue weighted by atomic mass is 16.3. The molecule has 1 aliphatic rings. The van der Waals surface area contributed by atoms with Gasteiger partial charge in [0.1, 0.15) is 23.8 Å². The molecular weight excluding hydrogens is 180 g/mol. The minimum atomic E-state index is 0.198. The smallest absolute Gasteiger partial charge is 0.149 e. The van der Waals surface area contributed by atoms with Crippen LogP contribution in [0.25, 0.3) is 0 Å². The summed E-state index contributed by atoms with van der Waals surface area (Å²) in [6.07, 6.45) is 2.94. The van der Waals surface area contributed by atoms with Crippen LogP contribution in [-0.2, 0) is 0 Å². The van der Waals surface area contributed by atoms with Crippen LogP contribution in [0.1, 0.15) is 5.56 Å². The molecule has 14 heavy (non-hydrogen) atoms. The number of hydrogen-bond donors (Lipinski definition) is 1. The Morgan fingerprint density at radius 3 is 3.07 bits per heavy atom. The third-order valence-electron chi connectivity index (χ3n) is 2.33. The first-order chi connectivity index (χ1) is 6.85. The van der Waals surface area contributed by atoms with Gasteiger partial charge < -0.3 is 10.0 Å². The highest BCUT2D eigenvalue weighted by Crippen LogP contribution is 2.24. The van der Waals surface area contributed by atoms with Crippen molar-refractivity contribution in [2.75, 3.05) is 24.6 Å². The van der Waals surface area contributed by atoms with Gasteiger partial charge in [0, 0.05) is 25.6 Å². The average molecular weight is 190 g/mol. The monoisotopic (exact) mass is 190 g/mol. The van der Waals surface area contributed by atoms with Crippen molar-refractivity contribution in [3.8, 4) is 6.07 Å². The van der Waals surface area contributed by atoms with Gasteiger partial charge in [-0.25, -0.2) is 9.97 Å². The van der Waals surface area contributed by atoms with E-state index in [0.29, 0.717) is 17.3 Å². The van der Waals surface area contributed by atoms with Gasteiger partial charge >= 0.3 is 0 Å². The zero-order chi connectivity index (χ0) is 9.97. The number of rotatable bonds is 2. The Morgan fingerprint density at radius 2 is 2.43 bits per heavy atom. The van der Waals surface area contributed by atoms with Gasteiger partial charge in [-0.1, -0.05) is 0 Å². The molecule has 1 aromatic heterocycles. The molecule has 0 atom stereocenters. The van der Waals surface area contributed by atoms with Crippen LogP contribution < -0.4 is 4.90 Å². The van der Waals surface area contributed by atoms with E-state index in [-0.39, 0.29) is 6.61 Å². The van der Waals surface area contributed by atoms with Crippen molar-refractivity contribution in [2.45, 2.75) is 0 Å². The van der Waals surface area contributed by atoms with E-state index < -0.39 is 0 Å². The van der Waals surface area contributed by atoms with Crippen LogP contribution in [0.15, 0.2) is 12.5 Å². The molecule has 0 spiro atoms. The SMILES string of the molecule is N#Cc1cncnc1N1CC(CO)C1. The largest absolute Gasteiger partial charge is 0.396 e. The van der Waals surface area contributed by atoms with Crippen LogP contribution in [-0.4, -0.2) is 34.8 Å². The van der Waals surface area contributed by atoms with E-state index in [4.69, 9.17) is 10.4 Å². The lowest BCUT2D eigenvalue weighted by Gasteiger charge is -2.39. The van der Waals surface area contributed by atoms with E-state index in [1.165, 1.54) is 12.5 Å². The lowest BCUT2D eigenvalue weighted by Crippen LogP contribution is -2.49. The van der Waals surface area contributed by atoms with Crippen LogP contribution in [0.2, 0.25) is 0 Å². The van der Waals surface area contributed by atoms with Crippen molar-refractivity contribution < 1.29 is 5.11 Å². The molecule has 0 amide bonds. The molecule has 0 radical (unpaired) electrons. The molecule has 0 aromatic carbocycles. The molecular formula is C9H10N4O. The summed E-state index contributed by atoms with van der Waals surface area (Å²) in [4.78, 5) is 9.81. The molecule has 5 heteroatoms. The van der Waals surface area contributed by atoms with E-state index in [2.05, 4.69) is 9.97 Å². The van der Waals surface area contributed by atoms with Gasteiger partial charge in [0.05, 0.1) is 6.20 Å². The van der Waals surface area contributed by atoms with E-state index in [9.17, 15) is 0 Å². The standard InChI is InChI=1S/C9H10N4O/c10-1-8-2-11-6-12-9(8)13-3-7(4-13)5-14/h2,6-7,14H,3-5H2. The molecule has 2 rings (SSSR count). The van der Waals surface area contributed by atoms with E-state index in [0.717, 1.165) is 13.1 Å². The van der Waals surface area contributed by atoms with Crippen molar-refractivity contribution in [1.82, 2.24) is 9.97 Å². The number of anilines is 1. The van der Waals surface area contributed by atoms with E-state index >= 15 is 0 Å². The fourth-order valence-electron chi connectivity index (χ4n) is 1.51. The Morgan fingerprint density at radius 1 is 1.64 bits per heavy atom. The zero-order valence-corrected chi connectivity index (χ0v) is 7.59. The molecule has 0 aliphatic carbocycles. The number of aliphatic hydroxyl groups excluding tert-OH is 1. The van der Waals surface area contributed by atoms with Crippen molar-refractivity contribution >= 4 is 5.82 Å². The summed E-state index contributed by atoms with van der Waals surface area (Å²) >= 11 is 0. The van der Waals surface area contributed by atoms with Gasteiger partial charge in [-0.15, -0.1) is 0 Å². The van der Waals surface area contributed by atoms with Gasteiger partial charge in [-0.3, -0.25) is 0 Å². The number of aliphatic hydroxyl groups is 1. The lowest BCUT2D eigenvalue weighted by molar-refractivity contribution is 0.200. The molecule has 5 nitrogen and oxygen atoms in total. The van der Waals surface area contributed by atoms with Gasteiger partial charge in [-0.2, -0.15) is 5.26 Å². The minimum absolute atomic E-state index is 0.198. The Kier molecular flexibility index (Phi) is 2.29. The number of nitriles is 1. The molecule has 2 heterocycles. The second-order valence-electron chi connectivity index (χ2n) is 3.33. The third kappa shape index (κ3) is 1.40. The topological polar surface area (TPSA) is 73.0 Å². The van der Waals surface area contributed by atoms with Crippen LogP contribution in [0.5, 0.6) is 0 Å². The quantitative estimate of drug-likeness (QED) is 0.697. The molecule has 1 fully saturated rings. The summed E-state index contributed by atoms with van der Waals surface area (Å²) < 4.78 is 0. The van der Waals surface area contributed by atoms with Crippen LogP contribution >= 0.6 is 0 Å². The fourth-order valence-corrected chi connectivity index (χ4v) is 1.51. The number of aromatic nitrogens is 2. The Balaban J connectivity index is 2.15. The summed E-state index contributed by atoms with van der Waals surface area (Å²) in [5, 5.41) is 17.7. The van der Waals surface area contributed by atoms with Crippen LogP contribution in [0.4, 0.5) is 5.82 Å². The highest BCUT2D eigenvalue weighted by Gasteiger charge is 2.28. The minimum Gasteiger partial charge on any atom is -0.396 e. The molecule has 72 valence electrons. The molecule has 1 N–H and O–H groups in total. The first-order valence-electron chi connectivity index (χ1n) is 4.41. The molecule has 1 aliphatic heterocycles. The summed E-state index contributed by atoms with van der Waals surface area (Å²) in [5.41, 5.74) is 0.490. The van der Waals surface area contributed by atoms with Crippen molar-refractivity contribution in [1.29, 1.82) is 5.26 Å². The Bertz CT molecular complexity index is 367. The van der Waals surface area contributed by atoms with Crippen molar-refractivity contribution in [3.63, 3.8) is 0 Å². The zero-order valence-electron chi connectivity index (χ0n) is 7.59. The lowest BCUT2D eigenvalue weighted by atomic mass is 10.0. The second-order valence-corrected chi connectivity index (χ2v) is 3.33. The maximum absolute atomic E-state index is 8.85. The highest BCUT2D eigenvalue weighted by molar-refractivity contribution is 5.53. The summed E-state index contributed by atoms with van der Waals surface area (Å²) in [6, 6.07) is 2.05. The maximum Gasteiger partial charge on any atom is 0.149 e. The van der Waals surface area contributed by atoms with Crippen LogP contribution in [0, 0.1) is 17.2 Å². The average Bonchev–Trinajstić information content (AvgIpc) is 2.17. The predicted octanol–water partition coefficient (Wildman–Crippen LogP) is -0.223. The molecule has 0 bridgehead atoms. The maximum atomic E-state index is 8.85. The summed E-state index contributed by atoms with van der Waals surface area (Å²) in [7, 11) is 0.